The molecule has 0 N–H and O–H groups in total. The number of hydrogen-bond donors (Lipinski definition) is 0. The summed E-state index contributed by atoms with van der Waals surface area (Å²) in [5, 5.41) is 0. The Balaban J connectivity index is 1.36. The molecule has 0 amide bonds. The minimum Gasteiger partial charge on any atom is -0.299 e. The fraction of sp³-hybridized carbons (Fsp3) is 0.208. The van der Waals surface area contributed by atoms with E-state index in [4.69, 9.17) is 0 Å². The molecule has 0 aliphatic carbocycles. The highest BCUT2D eigenvalue weighted by atomic mass is 15.1. The van der Waals surface area contributed by atoms with Crippen LogP contribution in [0.15, 0.2) is 85.1 Å². The van der Waals surface area contributed by atoms with Gasteiger partial charge in [0.05, 0.1) is 0 Å². The van der Waals surface area contributed by atoms with Crippen LogP contribution in [0.2, 0.25) is 0 Å². The molecule has 3 aromatic rings. The van der Waals surface area contributed by atoms with E-state index in [1.165, 1.54) is 28.0 Å². The Labute approximate surface area is 155 Å². The average Bonchev–Trinajstić information content (AvgIpc) is 2.74. The van der Waals surface area contributed by atoms with E-state index < -0.39 is 0 Å². The van der Waals surface area contributed by atoms with Crippen molar-refractivity contribution < 1.29 is 0 Å². The van der Waals surface area contributed by atoms with Gasteiger partial charge in [-0.25, -0.2) is 0 Å². The molecule has 26 heavy (non-hydrogen) atoms. The maximum absolute atomic E-state index is 4.57. The van der Waals surface area contributed by atoms with E-state index in [9.17, 15) is 0 Å². The maximum atomic E-state index is 4.57. The molecular weight excluding hydrogens is 316 g/mol. The number of pyridine rings is 1. The van der Waals surface area contributed by atoms with Crippen LogP contribution in [0.1, 0.15) is 17.7 Å². The molecule has 0 saturated carbocycles. The first kappa shape index (κ1) is 16.7. The monoisotopic (exact) mass is 340 g/mol. The lowest BCUT2D eigenvalue weighted by molar-refractivity contribution is 0.305. The smallest absolute Gasteiger partial charge is 0.0422 e. The first-order valence-corrected chi connectivity index (χ1v) is 9.36. The van der Waals surface area contributed by atoms with Crippen LogP contribution in [-0.2, 0) is 6.42 Å². The van der Waals surface area contributed by atoms with Gasteiger partial charge >= 0.3 is 0 Å². The molecule has 0 bridgehead atoms. The Bertz CT molecular complexity index is 869. The summed E-state index contributed by atoms with van der Waals surface area (Å²) in [4.78, 5) is 7.09. The molecule has 1 aromatic heterocycles. The Morgan fingerprint density at radius 2 is 1.54 bits per heavy atom. The maximum Gasteiger partial charge on any atom is 0.0422 e. The number of rotatable bonds is 5. The lowest BCUT2D eigenvalue weighted by Gasteiger charge is -2.26. The largest absolute Gasteiger partial charge is 0.299 e. The highest BCUT2D eigenvalue weighted by Crippen LogP contribution is 2.22. The first-order valence-electron chi connectivity index (χ1n) is 9.36. The third-order valence-electron chi connectivity index (χ3n) is 5.05. The second-order valence-electron chi connectivity index (χ2n) is 6.80. The van der Waals surface area contributed by atoms with Crippen molar-refractivity contribution in [3.05, 3.63) is 96.3 Å². The molecule has 130 valence electrons. The predicted octanol–water partition coefficient (Wildman–Crippen LogP) is 5.08. The molecule has 2 aromatic carbocycles. The van der Waals surface area contributed by atoms with Crippen LogP contribution in [-0.4, -0.2) is 29.5 Å². The van der Waals surface area contributed by atoms with E-state index in [1.54, 1.807) is 0 Å². The Kier molecular flexibility index (Phi) is 5.22. The molecule has 0 saturated heterocycles. The van der Waals surface area contributed by atoms with Gasteiger partial charge in [-0.15, -0.1) is 0 Å². The summed E-state index contributed by atoms with van der Waals surface area (Å²) in [6.45, 7) is 3.21. The van der Waals surface area contributed by atoms with Crippen LogP contribution in [0.5, 0.6) is 0 Å². The van der Waals surface area contributed by atoms with Gasteiger partial charge in [0.1, 0.15) is 0 Å². The summed E-state index contributed by atoms with van der Waals surface area (Å²) in [5.74, 6) is 0. The first-order chi connectivity index (χ1) is 12.9. The van der Waals surface area contributed by atoms with Crippen LogP contribution in [0.4, 0.5) is 0 Å². The van der Waals surface area contributed by atoms with Crippen LogP contribution in [0.25, 0.3) is 16.7 Å². The van der Waals surface area contributed by atoms with Crippen LogP contribution < -0.4 is 0 Å². The van der Waals surface area contributed by atoms with E-state index in [0.29, 0.717) is 0 Å². The molecule has 4 rings (SSSR count). The molecular formula is C24H24N2. The van der Waals surface area contributed by atoms with E-state index in [-0.39, 0.29) is 0 Å². The number of aromatic nitrogens is 1. The van der Waals surface area contributed by atoms with Crippen LogP contribution in [0, 0.1) is 0 Å². The molecule has 1 aliphatic rings. The van der Waals surface area contributed by atoms with Crippen LogP contribution in [0.3, 0.4) is 0 Å². The van der Waals surface area contributed by atoms with Gasteiger partial charge in [-0.05, 0) is 40.8 Å². The van der Waals surface area contributed by atoms with E-state index in [0.717, 1.165) is 32.5 Å². The molecule has 2 heteroatoms. The van der Waals surface area contributed by atoms with Gasteiger partial charge in [-0.3, -0.25) is 9.88 Å². The van der Waals surface area contributed by atoms with Crippen molar-refractivity contribution in [2.75, 3.05) is 19.6 Å². The number of nitrogens with zero attached hydrogens (tertiary/aromatic N) is 2. The number of benzene rings is 2. The third kappa shape index (κ3) is 4.09. The molecule has 1 aliphatic heterocycles. The zero-order valence-corrected chi connectivity index (χ0v) is 15.0. The normalized spacial score (nSPS) is 14.8. The minimum atomic E-state index is 0.995. The molecule has 2 heterocycles. The summed E-state index contributed by atoms with van der Waals surface area (Å²) >= 11 is 0. The van der Waals surface area contributed by atoms with Crippen molar-refractivity contribution in [1.29, 1.82) is 0 Å². The lowest BCUT2D eigenvalue weighted by Crippen LogP contribution is -2.30. The summed E-state index contributed by atoms with van der Waals surface area (Å²) in [7, 11) is 0. The van der Waals surface area contributed by atoms with Gasteiger partial charge in [0.25, 0.3) is 0 Å². The van der Waals surface area contributed by atoms with Gasteiger partial charge in [0, 0.05) is 37.9 Å². The quantitative estimate of drug-likeness (QED) is 0.644. The summed E-state index contributed by atoms with van der Waals surface area (Å²) in [5.41, 5.74) is 6.52. The molecule has 0 fully saturated rings. The zero-order chi connectivity index (χ0) is 17.6. The van der Waals surface area contributed by atoms with E-state index in [1.807, 2.05) is 6.20 Å². The second-order valence-corrected chi connectivity index (χ2v) is 6.80. The van der Waals surface area contributed by atoms with Crippen molar-refractivity contribution >= 4 is 5.57 Å². The van der Waals surface area contributed by atoms with Gasteiger partial charge in [-0.1, -0.05) is 66.7 Å². The SMILES string of the molecule is C1=C(c2ccccc2)CCN(CCc2cc(-c3ccccc3)ccn2)C1. The molecule has 2 nitrogen and oxygen atoms in total. The van der Waals surface area contributed by atoms with Gasteiger partial charge in [-0.2, -0.15) is 0 Å². The molecule has 0 radical (unpaired) electrons. The second kappa shape index (κ2) is 8.11. The molecule has 0 atom stereocenters. The Hall–Kier alpha value is -2.71. The molecule has 0 unspecified atom stereocenters. The lowest BCUT2D eigenvalue weighted by atomic mass is 9.99. The molecule has 0 spiro atoms. The van der Waals surface area contributed by atoms with E-state index in [2.05, 4.69) is 88.8 Å². The minimum absolute atomic E-state index is 0.995. The van der Waals surface area contributed by atoms with Crippen molar-refractivity contribution in [3.63, 3.8) is 0 Å². The Morgan fingerprint density at radius 1 is 0.808 bits per heavy atom. The summed E-state index contributed by atoms with van der Waals surface area (Å²) in [6.07, 6.45) is 6.44. The highest BCUT2D eigenvalue weighted by molar-refractivity contribution is 5.66. The topological polar surface area (TPSA) is 16.1 Å². The van der Waals surface area contributed by atoms with E-state index >= 15 is 0 Å². The van der Waals surface area contributed by atoms with Crippen molar-refractivity contribution in [3.8, 4) is 11.1 Å². The van der Waals surface area contributed by atoms with Gasteiger partial charge in [0.2, 0.25) is 0 Å². The van der Waals surface area contributed by atoms with Crippen molar-refractivity contribution in [2.24, 2.45) is 0 Å². The van der Waals surface area contributed by atoms with Crippen molar-refractivity contribution in [2.45, 2.75) is 12.8 Å². The highest BCUT2D eigenvalue weighted by Gasteiger charge is 2.13. The average molecular weight is 340 g/mol. The summed E-state index contributed by atoms with van der Waals surface area (Å²) in [6, 6.07) is 25.6. The van der Waals surface area contributed by atoms with Gasteiger partial charge < -0.3 is 0 Å². The van der Waals surface area contributed by atoms with Crippen LogP contribution >= 0.6 is 0 Å². The van der Waals surface area contributed by atoms with Gasteiger partial charge in [0.15, 0.2) is 0 Å². The standard InChI is InChI=1S/C24H24N2/c1-3-7-20(8-4-1)22-12-16-26(17-13-22)18-14-24-19-23(11-15-25-24)21-9-5-2-6-10-21/h1-12,15,19H,13-14,16-18H2. The zero-order valence-electron chi connectivity index (χ0n) is 15.0. The third-order valence-corrected chi connectivity index (χ3v) is 5.05. The Morgan fingerprint density at radius 3 is 2.23 bits per heavy atom. The number of hydrogen-bond acceptors (Lipinski definition) is 2. The fourth-order valence-electron chi connectivity index (χ4n) is 3.53. The summed E-state index contributed by atoms with van der Waals surface area (Å²) < 4.78 is 0. The predicted molar refractivity (Wildman–Crippen MR) is 109 cm³/mol. The fourth-order valence-corrected chi connectivity index (χ4v) is 3.53. The van der Waals surface area contributed by atoms with Crippen molar-refractivity contribution in [1.82, 2.24) is 9.88 Å².